The van der Waals surface area contributed by atoms with Gasteiger partial charge in [-0.3, -0.25) is 4.79 Å². The summed E-state index contributed by atoms with van der Waals surface area (Å²) < 4.78 is 19.1. The van der Waals surface area contributed by atoms with Crippen molar-refractivity contribution in [1.29, 1.82) is 0 Å². The summed E-state index contributed by atoms with van der Waals surface area (Å²) in [7, 11) is 0. The van der Waals surface area contributed by atoms with Crippen LogP contribution >= 0.6 is 0 Å². The molecule has 1 aliphatic rings. The van der Waals surface area contributed by atoms with Crippen LogP contribution in [0.2, 0.25) is 0 Å². The molecule has 0 aromatic heterocycles. The summed E-state index contributed by atoms with van der Waals surface area (Å²) in [5, 5.41) is 15.4. The molecule has 2 aromatic carbocycles. The molecule has 7 heteroatoms. The van der Waals surface area contributed by atoms with Gasteiger partial charge >= 0.3 is 6.09 Å². The van der Waals surface area contributed by atoms with Gasteiger partial charge in [0.15, 0.2) is 0 Å². The minimum atomic E-state index is -0.600. The molecule has 164 valence electrons. The van der Waals surface area contributed by atoms with E-state index in [1.54, 1.807) is 6.08 Å². The molecule has 3 rings (SSSR count). The molecule has 0 aliphatic heterocycles. The Hall–Kier alpha value is -3.35. The van der Waals surface area contributed by atoms with Gasteiger partial charge in [0.2, 0.25) is 0 Å². The standard InChI is InChI=1S/C24H27FN2O4/c1-2-13-26-23(30)31-19-9-6-12-24(15-19,17-7-4-3-5-8-17)16-27-22(29)20-14-18(25)10-11-21(20)28/h2-5,7-8,10-11,14,19,28H,1,6,9,12-13,15-16H2,(H,26,30)(H,27,29)/t19-,24+/m0/s1. The molecule has 3 N–H and O–H groups in total. The molecule has 31 heavy (non-hydrogen) atoms. The third-order valence-electron chi connectivity index (χ3n) is 5.64. The van der Waals surface area contributed by atoms with E-state index < -0.39 is 23.2 Å². The van der Waals surface area contributed by atoms with Gasteiger partial charge in [0, 0.05) is 18.5 Å². The van der Waals surface area contributed by atoms with Crippen LogP contribution in [0.1, 0.15) is 41.6 Å². The van der Waals surface area contributed by atoms with Gasteiger partial charge in [-0.1, -0.05) is 36.4 Å². The second kappa shape index (κ2) is 10.1. The Balaban J connectivity index is 1.78. The zero-order chi connectivity index (χ0) is 22.3. The number of halogens is 1. The molecule has 0 bridgehead atoms. The molecule has 2 amide bonds. The third-order valence-corrected chi connectivity index (χ3v) is 5.64. The van der Waals surface area contributed by atoms with Crippen LogP contribution in [0, 0.1) is 5.82 Å². The molecular formula is C24H27FN2O4. The van der Waals surface area contributed by atoms with Gasteiger partial charge in [0.1, 0.15) is 17.7 Å². The van der Waals surface area contributed by atoms with Crippen LogP contribution in [0.15, 0.2) is 61.2 Å². The first-order valence-corrected chi connectivity index (χ1v) is 10.3. The van der Waals surface area contributed by atoms with E-state index in [0.29, 0.717) is 13.0 Å². The average Bonchev–Trinajstić information content (AvgIpc) is 2.78. The van der Waals surface area contributed by atoms with E-state index in [1.807, 2.05) is 30.3 Å². The van der Waals surface area contributed by atoms with Crippen LogP contribution in [-0.4, -0.2) is 36.3 Å². The van der Waals surface area contributed by atoms with Crippen molar-refractivity contribution in [3.8, 4) is 5.75 Å². The molecular weight excluding hydrogens is 399 g/mol. The number of hydrogen-bond acceptors (Lipinski definition) is 4. The predicted octanol–water partition coefficient (Wildman–Crippen LogP) is 4.05. The maximum absolute atomic E-state index is 13.6. The van der Waals surface area contributed by atoms with Crippen molar-refractivity contribution in [2.24, 2.45) is 0 Å². The van der Waals surface area contributed by atoms with Crippen molar-refractivity contribution in [3.63, 3.8) is 0 Å². The molecule has 0 saturated heterocycles. The number of ether oxygens (including phenoxy) is 1. The van der Waals surface area contributed by atoms with Crippen molar-refractivity contribution < 1.29 is 23.8 Å². The summed E-state index contributed by atoms with van der Waals surface area (Å²) in [5.41, 5.74) is 0.454. The Kier molecular flexibility index (Phi) is 7.28. The van der Waals surface area contributed by atoms with Crippen molar-refractivity contribution in [2.45, 2.75) is 37.2 Å². The monoisotopic (exact) mass is 426 g/mol. The molecule has 2 aromatic rings. The van der Waals surface area contributed by atoms with E-state index in [2.05, 4.69) is 17.2 Å². The van der Waals surface area contributed by atoms with Gasteiger partial charge in [-0.05, 0) is 49.4 Å². The second-order valence-electron chi connectivity index (χ2n) is 7.78. The van der Waals surface area contributed by atoms with Crippen molar-refractivity contribution in [3.05, 3.63) is 78.1 Å². The van der Waals surface area contributed by atoms with Crippen molar-refractivity contribution in [1.82, 2.24) is 10.6 Å². The second-order valence-corrected chi connectivity index (χ2v) is 7.78. The maximum atomic E-state index is 13.6. The first-order valence-electron chi connectivity index (χ1n) is 10.3. The van der Waals surface area contributed by atoms with Gasteiger partial charge in [-0.15, -0.1) is 6.58 Å². The number of hydrogen-bond donors (Lipinski definition) is 3. The number of nitrogens with one attached hydrogen (secondary N) is 2. The number of amides is 2. The number of aromatic hydroxyl groups is 1. The van der Waals surface area contributed by atoms with Gasteiger partial charge in [-0.25, -0.2) is 9.18 Å². The summed E-state index contributed by atoms with van der Waals surface area (Å²) in [4.78, 5) is 24.7. The highest BCUT2D eigenvalue weighted by Crippen LogP contribution is 2.40. The van der Waals surface area contributed by atoms with Crippen LogP contribution in [0.5, 0.6) is 5.75 Å². The number of phenols is 1. The van der Waals surface area contributed by atoms with E-state index in [9.17, 15) is 19.1 Å². The van der Waals surface area contributed by atoms with Crippen LogP contribution in [-0.2, 0) is 10.2 Å². The first-order chi connectivity index (χ1) is 14.9. The summed E-state index contributed by atoms with van der Waals surface area (Å²) in [5.74, 6) is -1.44. The zero-order valence-electron chi connectivity index (χ0n) is 17.3. The smallest absolute Gasteiger partial charge is 0.407 e. The van der Waals surface area contributed by atoms with Crippen LogP contribution in [0.25, 0.3) is 0 Å². The number of phenolic OH excluding ortho intramolecular Hbond substituents is 1. The molecule has 0 radical (unpaired) electrons. The van der Waals surface area contributed by atoms with Crippen molar-refractivity contribution >= 4 is 12.0 Å². The number of benzene rings is 2. The van der Waals surface area contributed by atoms with Crippen LogP contribution in [0.3, 0.4) is 0 Å². The lowest BCUT2D eigenvalue weighted by molar-refractivity contribution is 0.0491. The van der Waals surface area contributed by atoms with E-state index >= 15 is 0 Å². The quantitative estimate of drug-likeness (QED) is 0.583. The molecule has 2 atom stereocenters. The lowest BCUT2D eigenvalue weighted by atomic mass is 9.68. The molecule has 1 aliphatic carbocycles. The Bertz CT molecular complexity index is 934. The van der Waals surface area contributed by atoms with E-state index in [1.165, 1.54) is 0 Å². The summed E-state index contributed by atoms with van der Waals surface area (Å²) in [6.07, 6.45) is 3.65. The van der Waals surface area contributed by atoms with Gasteiger partial charge in [-0.2, -0.15) is 0 Å². The third kappa shape index (κ3) is 5.63. The van der Waals surface area contributed by atoms with Crippen molar-refractivity contribution in [2.75, 3.05) is 13.1 Å². The maximum Gasteiger partial charge on any atom is 0.407 e. The van der Waals surface area contributed by atoms with E-state index in [-0.39, 0.29) is 24.0 Å². The molecule has 6 nitrogen and oxygen atoms in total. The number of rotatable bonds is 7. The summed E-state index contributed by atoms with van der Waals surface area (Å²) >= 11 is 0. The fourth-order valence-corrected chi connectivity index (χ4v) is 4.11. The molecule has 1 fully saturated rings. The highest BCUT2D eigenvalue weighted by Gasteiger charge is 2.39. The predicted molar refractivity (Wildman–Crippen MR) is 115 cm³/mol. The summed E-state index contributed by atoms with van der Waals surface area (Å²) in [6, 6.07) is 13.0. The van der Waals surface area contributed by atoms with Gasteiger partial charge in [0.05, 0.1) is 5.56 Å². The molecule has 0 heterocycles. The largest absolute Gasteiger partial charge is 0.507 e. The minimum Gasteiger partial charge on any atom is -0.507 e. The normalized spacial score (nSPS) is 20.5. The Labute approximate surface area is 181 Å². The SMILES string of the molecule is C=CCNC(=O)O[C@H]1CCC[C@@](CNC(=O)c2cc(F)ccc2O)(c2ccccc2)C1. The van der Waals surface area contributed by atoms with Crippen LogP contribution < -0.4 is 10.6 Å². The highest BCUT2D eigenvalue weighted by atomic mass is 19.1. The fraction of sp³-hybridized carbons (Fsp3) is 0.333. The molecule has 0 spiro atoms. The lowest BCUT2D eigenvalue weighted by Crippen LogP contribution is -2.46. The number of carbonyl (C=O) groups excluding carboxylic acids is 2. The van der Waals surface area contributed by atoms with Gasteiger partial charge < -0.3 is 20.5 Å². The molecule has 0 unspecified atom stereocenters. The fourth-order valence-electron chi connectivity index (χ4n) is 4.11. The Morgan fingerprint density at radius 3 is 2.74 bits per heavy atom. The zero-order valence-corrected chi connectivity index (χ0v) is 17.3. The van der Waals surface area contributed by atoms with E-state index in [0.717, 1.165) is 43.0 Å². The van der Waals surface area contributed by atoms with Gasteiger partial charge in [0.25, 0.3) is 5.91 Å². The Morgan fingerprint density at radius 1 is 1.23 bits per heavy atom. The minimum absolute atomic E-state index is 0.115. The van der Waals surface area contributed by atoms with Crippen LogP contribution in [0.4, 0.5) is 9.18 Å². The topological polar surface area (TPSA) is 87.7 Å². The average molecular weight is 426 g/mol. The number of alkyl carbamates (subject to hydrolysis) is 1. The Morgan fingerprint density at radius 2 is 2.00 bits per heavy atom. The summed E-state index contributed by atoms with van der Waals surface area (Å²) in [6.45, 7) is 4.15. The molecule has 1 saturated carbocycles. The van der Waals surface area contributed by atoms with E-state index in [4.69, 9.17) is 4.74 Å². The lowest BCUT2D eigenvalue weighted by Gasteiger charge is -2.41. The first kappa shape index (κ1) is 22.3. The highest BCUT2D eigenvalue weighted by molar-refractivity contribution is 5.96. The number of carbonyl (C=O) groups is 2.